The summed E-state index contributed by atoms with van der Waals surface area (Å²) in [5, 5.41) is 8.80. The van der Waals surface area contributed by atoms with E-state index >= 15 is 0 Å². The number of rotatable bonds is 3. The van der Waals surface area contributed by atoms with Gasteiger partial charge in [-0.3, -0.25) is 0 Å². The Morgan fingerprint density at radius 3 is 2.64 bits per heavy atom. The molecule has 0 spiro atoms. The van der Waals surface area contributed by atoms with Crippen molar-refractivity contribution < 1.29 is 4.79 Å². The van der Waals surface area contributed by atoms with E-state index in [4.69, 9.17) is 5.26 Å². The lowest BCUT2D eigenvalue weighted by molar-refractivity contribution is 0.455. The molecule has 1 unspecified atom stereocenters. The first kappa shape index (κ1) is 7.97. The first-order valence-electron chi connectivity index (χ1n) is 3.79. The fourth-order valence-electron chi connectivity index (χ4n) is 1.30. The number of isocyanates is 1. The molecule has 0 aromatic carbocycles. The summed E-state index contributed by atoms with van der Waals surface area (Å²) in [7, 11) is 0. The third kappa shape index (κ3) is 1.31. The lowest BCUT2D eigenvalue weighted by Crippen LogP contribution is -2.25. The van der Waals surface area contributed by atoms with Crippen LogP contribution in [0, 0.1) is 17.2 Å². The second-order valence-electron chi connectivity index (χ2n) is 2.87. The van der Waals surface area contributed by atoms with Crippen molar-refractivity contribution in [2.75, 3.05) is 0 Å². The van der Waals surface area contributed by atoms with Crippen LogP contribution in [-0.4, -0.2) is 11.6 Å². The molecule has 0 radical (unpaired) electrons. The van der Waals surface area contributed by atoms with Crippen LogP contribution < -0.4 is 0 Å². The lowest BCUT2D eigenvalue weighted by Gasteiger charge is -2.16. The van der Waals surface area contributed by atoms with Gasteiger partial charge < -0.3 is 0 Å². The van der Waals surface area contributed by atoms with Gasteiger partial charge in [0.15, 0.2) is 5.54 Å². The molecule has 1 aliphatic rings. The highest BCUT2D eigenvalue weighted by molar-refractivity contribution is 5.38. The Bertz CT molecular complexity index is 233. The Labute approximate surface area is 65.7 Å². The molecule has 0 saturated heterocycles. The number of hydrogen-bond acceptors (Lipinski definition) is 3. The van der Waals surface area contributed by atoms with Crippen molar-refractivity contribution in [3.63, 3.8) is 0 Å². The predicted octanol–water partition coefficient (Wildman–Crippen LogP) is 1.40. The van der Waals surface area contributed by atoms with E-state index in [-0.39, 0.29) is 0 Å². The second kappa shape index (κ2) is 2.86. The van der Waals surface area contributed by atoms with Crippen molar-refractivity contribution >= 4 is 6.08 Å². The van der Waals surface area contributed by atoms with Crippen molar-refractivity contribution in [1.29, 1.82) is 5.26 Å². The molecule has 1 saturated carbocycles. The smallest absolute Gasteiger partial charge is 0.211 e. The van der Waals surface area contributed by atoms with Crippen molar-refractivity contribution in [2.24, 2.45) is 10.9 Å². The van der Waals surface area contributed by atoms with Crippen molar-refractivity contribution in [3.8, 4) is 6.07 Å². The van der Waals surface area contributed by atoms with Gasteiger partial charge >= 0.3 is 0 Å². The molecule has 0 N–H and O–H groups in total. The molecule has 11 heavy (non-hydrogen) atoms. The van der Waals surface area contributed by atoms with Gasteiger partial charge in [-0.2, -0.15) is 10.3 Å². The minimum Gasteiger partial charge on any atom is -0.211 e. The van der Waals surface area contributed by atoms with Gasteiger partial charge in [0.05, 0.1) is 6.07 Å². The Morgan fingerprint density at radius 2 is 2.36 bits per heavy atom. The topological polar surface area (TPSA) is 53.2 Å². The van der Waals surface area contributed by atoms with E-state index in [1.165, 1.54) is 6.08 Å². The average molecular weight is 150 g/mol. The van der Waals surface area contributed by atoms with Crippen LogP contribution in [0.15, 0.2) is 4.99 Å². The third-order valence-electron chi connectivity index (χ3n) is 2.23. The molecule has 0 amide bonds. The number of carbonyl (C=O) groups excluding carboxylic acids is 1. The zero-order valence-corrected chi connectivity index (χ0v) is 6.50. The first-order valence-corrected chi connectivity index (χ1v) is 3.79. The second-order valence-corrected chi connectivity index (χ2v) is 2.87. The number of nitrogens with zero attached hydrogens (tertiary/aromatic N) is 2. The van der Waals surface area contributed by atoms with E-state index in [1.807, 2.05) is 6.92 Å². The van der Waals surface area contributed by atoms with Gasteiger partial charge in [0.2, 0.25) is 6.08 Å². The fourth-order valence-corrected chi connectivity index (χ4v) is 1.30. The minimum absolute atomic E-state index is 0.305. The first-order chi connectivity index (χ1) is 5.29. The highest BCUT2D eigenvalue weighted by Gasteiger charge is 2.44. The summed E-state index contributed by atoms with van der Waals surface area (Å²) >= 11 is 0. The fraction of sp³-hybridized carbons (Fsp3) is 0.750. The Kier molecular flexibility index (Phi) is 2.07. The van der Waals surface area contributed by atoms with E-state index in [0.29, 0.717) is 12.3 Å². The summed E-state index contributed by atoms with van der Waals surface area (Å²) < 4.78 is 0. The summed E-state index contributed by atoms with van der Waals surface area (Å²) in [6.45, 7) is 1.88. The van der Waals surface area contributed by atoms with Gasteiger partial charge in [-0.1, -0.05) is 6.92 Å². The predicted molar refractivity (Wildman–Crippen MR) is 39.5 cm³/mol. The molecule has 0 aromatic rings. The monoisotopic (exact) mass is 150 g/mol. The van der Waals surface area contributed by atoms with Crippen LogP contribution in [-0.2, 0) is 4.79 Å². The van der Waals surface area contributed by atoms with Crippen molar-refractivity contribution in [2.45, 2.75) is 31.7 Å². The quantitative estimate of drug-likeness (QED) is 0.451. The van der Waals surface area contributed by atoms with Crippen LogP contribution in [0.2, 0.25) is 0 Å². The highest BCUT2D eigenvalue weighted by atomic mass is 16.1. The van der Waals surface area contributed by atoms with Gasteiger partial charge in [0, 0.05) is 0 Å². The molecule has 0 heterocycles. The van der Waals surface area contributed by atoms with E-state index < -0.39 is 5.54 Å². The Hall–Kier alpha value is -1.13. The molecule has 0 aromatic heterocycles. The highest BCUT2D eigenvalue weighted by Crippen LogP contribution is 2.43. The van der Waals surface area contributed by atoms with Crippen LogP contribution in [0.4, 0.5) is 0 Å². The van der Waals surface area contributed by atoms with Crippen molar-refractivity contribution in [3.05, 3.63) is 0 Å². The summed E-state index contributed by atoms with van der Waals surface area (Å²) in [4.78, 5) is 13.6. The standard InChI is InChI=1S/C8H10N2O/c1-2-8(5-9,10-6-11)7-3-4-7/h7H,2-4H2,1H3. The molecule has 3 nitrogen and oxygen atoms in total. The normalized spacial score (nSPS) is 21.1. The molecule has 1 aliphatic carbocycles. The SMILES string of the molecule is CCC(C#N)(N=C=O)C1CC1. The zero-order chi connectivity index (χ0) is 8.32. The molecular weight excluding hydrogens is 140 g/mol. The Morgan fingerprint density at radius 1 is 1.73 bits per heavy atom. The number of hydrogen-bond donors (Lipinski definition) is 0. The lowest BCUT2D eigenvalue weighted by atomic mass is 9.93. The molecule has 1 atom stereocenters. The van der Waals surface area contributed by atoms with Gasteiger partial charge in [-0.15, -0.1) is 0 Å². The molecule has 0 aliphatic heterocycles. The van der Waals surface area contributed by atoms with Gasteiger partial charge in [0.25, 0.3) is 0 Å². The average Bonchev–Trinajstić information content (AvgIpc) is 2.83. The van der Waals surface area contributed by atoms with E-state index in [1.54, 1.807) is 0 Å². The summed E-state index contributed by atoms with van der Waals surface area (Å²) in [6.07, 6.45) is 4.14. The van der Waals surface area contributed by atoms with E-state index in [0.717, 1.165) is 12.8 Å². The van der Waals surface area contributed by atoms with Gasteiger partial charge in [0.1, 0.15) is 0 Å². The molecular formula is C8H10N2O. The maximum absolute atomic E-state index is 10.0. The van der Waals surface area contributed by atoms with Crippen molar-refractivity contribution in [1.82, 2.24) is 0 Å². The molecule has 0 bridgehead atoms. The van der Waals surface area contributed by atoms with E-state index in [9.17, 15) is 4.79 Å². The molecule has 3 heteroatoms. The van der Waals surface area contributed by atoms with Crippen LogP contribution in [0.3, 0.4) is 0 Å². The van der Waals surface area contributed by atoms with Crippen LogP contribution >= 0.6 is 0 Å². The maximum Gasteiger partial charge on any atom is 0.236 e. The number of nitriles is 1. The van der Waals surface area contributed by atoms with Crippen LogP contribution in [0.25, 0.3) is 0 Å². The largest absolute Gasteiger partial charge is 0.236 e. The minimum atomic E-state index is -0.748. The Balaban J connectivity index is 2.84. The van der Waals surface area contributed by atoms with Crippen LogP contribution in [0.5, 0.6) is 0 Å². The molecule has 1 rings (SSSR count). The van der Waals surface area contributed by atoms with Crippen LogP contribution in [0.1, 0.15) is 26.2 Å². The summed E-state index contributed by atoms with van der Waals surface area (Å²) in [6, 6.07) is 2.10. The molecule has 1 fully saturated rings. The number of aliphatic imine (C=N–C) groups is 1. The summed E-state index contributed by atoms with van der Waals surface area (Å²) in [5.41, 5.74) is -0.748. The van der Waals surface area contributed by atoms with Gasteiger partial charge in [-0.25, -0.2) is 4.79 Å². The zero-order valence-electron chi connectivity index (χ0n) is 6.50. The van der Waals surface area contributed by atoms with Gasteiger partial charge in [-0.05, 0) is 25.2 Å². The third-order valence-corrected chi connectivity index (χ3v) is 2.23. The summed E-state index contributed by atoms with van der Waals surface area (Å²) in [5.74, 6) is 0.305. The molecule has 58 valence electrons. The van der Waals surface area contributed by atoms with E-state index in [2.05, 4.69) is 11.1 Å². The maximum atomic E-state index is 10.0.